The van der Waals surface area contributed by atoms with E-state index in [0.29, 0.717) is 32.9 Å². The molecule has 96 valence electrons. The van der Waals surface area contributed by atoms with Crippen LogP contribution in [0, 0.1) is 5.92 Å². The summed E-state index contributed by atoms with van der Waals surface area (Å²) in [5.41, 5.74) is 1.13. The molecule has 2 aliphatic heterocycles. The molecule has 4 nitrogen and oxygen atoms in total. The number of morpholine rings is 1. The fourth-order valence-corrected chi connectivity index (χ4v) is 2.53. The molecule has 1 amide bonds. The molecule has 1 aromatic rings. The molecule has 1 atom stereocenters. The Morgan fingerprint density at radius 3 is 2.83 bits per heavy atom. The van der Waals surface area contributed by atoms with Gasteiger partial charge >= 0.3 is 0 Å². The molecule has 0 spiro atoms. The number of hydrogen-bond donors (Lipinski definition) is 0. The van der Waals surface area contributed by atoms with Gasteiger partial charge in [-0.15, -0.1) is 0 Å². The molecule has 0 radical (unpaired) electrons. The van der Waals surface area contributed by atoms with Gasteiger partial charge in [-0.05, 0) is 18.1 Å². The third-order valence-electron chi connectivity index (χ3n) is 3.55. The largest absolute Gasteiger partial charge is 0.492 e. The fraction of sp³-hybridized carbons (Fsp3) is 0.500. The Morgan fingerprint density at radius 2 is 2.00 bits per heavy atom. The van der Waals surface area contributed by atoms with E-state index < -0.39 is 0 Å². The van der Waals surface area contributed by atoms with Gasteiger partial charge in [0, 0.05) is 13.1 Å². The van der Waals surface area contributed by atoms with Gasteiger partial charge in [0.2, 0.25) is 5.91 Å². The van der Waals surface area contributed by atoms with Crippen molar-refractivity contribution in [3.8, 4) is 5.75 Å². The minimum atomic E-state index is -0.0435. The summed E-state index contributed by atoms with van der Waals surface area (Å²) < 4.78 is 10.9. The molecule has 2 heterocycles. The lowest BCUT2D eigenvalue weighted by atomic mass is 9.95. The maximum absolute atomic E-state index is 12.4. The molecule has 3 rings (SSSR count). The molecule has 18 heavy (non-hydrogen) atoms. The SMILES string of the molecule is O=C([C@H]1COc2ccccc2C1)N1CCOCC1. The van der Waals surface area contributed by atoms with Crippen LogP contribution in [0.15, 0.2) is 24.3 Å². The lowest BCUT2D eigenvalue weighted by Crippen LogP contribution is -2.46. The van der Waals surface area contributed by atoms with Crippen molar-refractivity contribution in [2.45, 2.75) is 6.42 Å². The summed E-state index contributed by atoms with van der Waals surface area (Å²) in [7, 11) is 0. The van der Waals surface area contributed by atoms with E-state index in [1.165, 1.54) is 0 Å². The van der Waals surface area contributed by atoms with E-state index in [9.17, 15) is 4.79 Å². The van der Waals surface area contributed by atoms with Crippen LogP contribution < -0.4 is 4.74 Å². The minimum Gasteiger partial charge on any atom is -0.492 e. The smallest absolute Gasteiger partial charge is 0.229 e. The van der Waals surface area contributed by atoms with Gasteiger partial charge in [-0.2, -0.15) is 0 Å². The van der Waals surface area contributed by atoms with Crippen LogP contribution in [0.5, 0.6) is 5.75 Å². The van der Waals surface area contributed by atoms with Gasteiger partial charge in [0.25, 0.3) is 0 Å². The van der Waals surface area contributed by atoms with E-state index in [4.69, 9.17) is 9.47 Å². The second-order valence-corrected chi connectivity index (χ2v) is 4.76. The summed E-state index contributed by atoms with van der Waals surface area (Å²) >= 11 is 0. The van der Waals surface area contributed by atoms with Crippen molar-refractivity contribution >= 4 is 5.91 Å². The molecule has 1 saturated heterocycles. The second-order valence-electron chi connectivity index (χ2n) is 4.76. The quantitative estimate of drug-likeness (QED) is 0.746. The number of amides is 1. The summed E-state index contributed by atoms with van der Waals surface area (Å²) in [6.07, 6.45) is 0.784. The number of carbonyl (C=O) groups excluding carboxylic acids is 1. The van der Waals surface area contributed by atoms with Crippen molar-refractivity contribution in [1.29, 1.82) is 0 Å². The first-order valence-corrected chi connectivity index (χ1v) is 6.42. The maximum atomic E-state index is 12.4. The van der Waals surface area contributed by atoms with Crippen LogP contribution in [0.4, 0.5) is 0 Å². The highest BCUT2D eigenvalue weighted by atomic mass is 16.5. The molecule has 0 aromatic heterocycles. The number of rotatable bonds is 1. The summed E-state index contributed by atoms with van der Waals surface area (Å²) in [6, 6.07) is 7.95. The summed E-state index contributed by atoms with van der Waals surface area (Å²) in [4.78, 5) is 14.2. The predicted octanol–water partition coefficient (Wildman–Crippen LogP) is 1.10. The Hall–Kier alpha value is -1.55. The molecule has 1 aromatic carbocycles. The normalized spacial score (nSPS) is 23.1. The molecule has 0 aliphatic carbocycles. The molecular formula is C14H17NO3. The molecule has 2 aliphatic rings. The average Bonchev–Trinajstić information content (AvgIpc) is 2.47. The number of benzene rings is 1. The average molecular weight is 247 g/mol. The van der Waals surface area contributed by atoms with Gasteiger partial charge in [0.15, 0.2) is 0 Å². The number of ether oxygens (including phenoxy) is 2. The fourth-order valence-electron chi connectivity index (χ4n) is 2.53. The zero-order chi connectivity index (χ0) is 12.4. The number of carbonyl (C=O) groups is 1. The van der Waals surface area contributed by atoms with Crippen molar-refractivity contribution in [1.82, 2.24) is 4.90 Å². The van der Waals surface area contributed by atoms with Crippen molar-refractivity contribution in [2.24, 2.45) is 5.92 Å². The second kappa shape index (κ2) is 4.98. The van der Waals surface area contributed by atoms with Crippen LogP contribution in [0.1, 0.15) is 5.56 Å². The monoisotopic (exact) mass is 247 g/mol. The van der Waals surface area contributed by atoms with Crippen LogP contribution in [0.3, 0.4) is 0 Å². The number of hydrogen-bond acceptors (Lipinski definition) is 3. The Balaban J connectivity index is 1.69. The van der Waals surface area contributed by atoms with E-state index >= 15 is 0 Å². The van der Waals surface area contributed by atoms with Gasteiger partial charge in [0.1, 0.15) is 12.4 Å². The first kappa shape index (κ1) is 11.5. The van der Waals surface area contributed by atoms with Crippen molar-refractivity contribution in [3.63, 3.8) is 0 Å². The molecule has 0 saturated carbocycles. The van der Waals surface area contributed by atoms with Crippen molar-refractivity contribution < 1.29 is 14.3 Å². The highest BCUT2D eigenvalue weighted by Crippen LogP contribution is 2.27. The van der Waals surface area contributed by atoms with E-state index in [1.54, 1.807) is 0 Å². The van der Waals surface area contributed by atoms with Gasteiger partial charge in [-0.1, -0.05) is 18.2 Å². The maximum Gasteiger partial charge on any atom is 0.229 e. The Bertz CT molecular complexity index is 440. The molecule has 0 bridgehead atoms. The third-order valence-corrected chi connectivity index (χ3v) is 3.55. The number of para-hydroxylation sites is 1. The summed E-state index contributed by atoms with van der Waals surface area (Å²) in [6.45, 7) is 3.20. The molecular weight excluding hydrogens is 230 g/mol. The molecule has 0 unspecified atom stereocenters. The Morgan fingerprint density at radius 1 is 1.22 bits per heavy atom. The van der Waals surface area contributed by atoms with E-state index in [0.717, 1.165) is 17.7 Å². The first-order valence-electron chi connectivity index (χ1n) is 6.42. The highest BCUT2D eigenvalue weighted by Gasteiger charge is 2.30. The van der Waals surface area contributed by atoms with Crippen LogP contribution in [-0.4, -0.2) is 43.7 Å². The van der Waals surface area contributed by atoms with Crippen LogP contribution in [0.2, 0.25) is 0 Å². The Labute approximate surface area is 106 Å². The predicted molar refractivity (Wildman–Crippen MR) is 66.5 cm³/mol. The lowest BCUT2D eigenvalue weighted by molar-refractivity contribution is -0.141. The standard InChI is InChI=1S/C14H17NO3/c16-14(15-5-7-17-8-6-15)12-9-11-3-1-2-4-13(11)18-10-12/h1-4,12H,5-10H2/t12-/m1/s1. The summed E-state index contributed by atoms with van der Waals surface area (Å²) in [5, 5.41) is 0. The number of nitrogens with zero attached hydrogens (tertiary/aromatic N) is 1. The third kappa shape index (κ3) is 2.20. The Kier molecular flexibility index (Phi) is 3.19. The van der Waals surface area contributed by atoms with Crippen molar-refractivity contribution in [2.75, 3.05) is 32.9 Å². The highest BCUT2D eigenvalue weighted by molar-refractivity contribution is 5.79. The molecule has 4 heteroatoms. The first-order chi connectivity index (χ1) is 8.84. The lowest BCUT2D eigenvalue weighted by Gasteiger charge is -2.32. The molecule has 1 fully saturated rings. The van der Waals surface area contributed by atoms with Crippen LogP contribution in [0.25, 0.3) is 0 Å². The van der Waals surface area contributed by atoms with Gasteiger partial charge in [-0.25, -0.2) is 0 Å². The minimum absolute atomic E-state index is 0.0435. The van der Waals surface area contributed by atoms with Gasteiger partial charge < -0.3 is 14.4 Å². The van der Waals surface area contributed by atoms with Crippen molar-refractivity contribution in [3.05, 3.63) is 29.8 Å². The zero-order valence-electron chi connectivity index (χ0n) is 10.3. The van der Waals surface area contributed by atoms with Gasteiger partial charge in [-0.3, -0.25) is 4.79 Å². The van der Waals surface area contributed by atoms with Crippen LogP contribution in [-0.2, 0) is 16.0 Å². The topological polar surface area (TPSA) is 38.8 Å². The molecule has 0 N–H and O–H groups in total. The number of fused-ring (bicyclic) bond motifs is 1. The van der Waals surface area contributed by atoms with E-state index in [2.05, 4.69) is 0 Å². The zero-order valence-corrected chi connectivity index (χ0v) is 10.3. The van der Waals surface area contributed by atoms with E-state index in [-0.39, 0.29) is 11.8 Å². The van der Waals surface area contributed by atoms with E-state index in [1.807, 2.05) is 29.2 Å². The van der Waals surface area contributed by atoms with Crippen LogP contribution >= 0.6 is 0 Å². The van der Waals surface area contributed by atoms with Gasteiger partial charge in [0.05, 0.1) is 19.1 Å². The summed E-state index contributed by atoms with van der Waals surface area (Å²) in [5.74, 6) is 1.08.